The third-order valence-corrected chi connectivity index (χ3v) is 4.10. The Bertz CT molecular complexity index is 840. The van der Waals surface area contributed by atoms with Gasteiger partial charge >= 0.3 is 5.97 Å². The Hall–Kier alpha value is -2.68. The summed E-state index contributed by atoms with van der Waals surface area (Å²) in [6, 6.07) is 6.99. The lowest BCUT2D eigenvalue weighted by Gasteiger charge is -2.12. The lowest BCUT2D eigenvalue weighted by molar-refractivity contribution is -0.139. The summed E-state index contributed by atoms with van der Waals surface area (Å²) in [6.07, 6.45) is -0.149. The van der Waals surface area contributed by atoms with Crippen LogP contribution < -0.4 is 10.9 Å². The van der Waals surface area contributed by atoms with Crippen LogP contribution >= 0.6 is 11.8 Å². The topological polar surface area (TPSA) is 101 Å². The Kier molecular flexibility index (Phi) is 6.29. The van der Waals surface area contributed by atoms with E-state index in [1.54, 1.807) is 13.0 Å². The number of ether oxygens (including phenoxy) is 1. The van der Waals surface area contributed by atoms with Gasteiger partial charge in [0.05, 0.1) is 30.2 Å². The SMILES string of the molecule is COC(=O)Cc1cc(=O)[nH]c(S[C@H](C)C(=O)Nc2ccccc2F)n1. The Morgan fingerprint density at radius 3 is 2.80 bits per heavy atom. The summed E-state index contributed by atoms with van der Waals surface area (Å²) in [5.74, 6) is -1.52. The van der Waals surface area contributed by atoms with Crippen molar-refractivity contribution in [2.45, 2.75) is 23.8 Å². The van der Waals surface area contributed by atoms with E-state index in [-0.39, 0.29) is 23.0 Å². The number of carbonyl (C=O) groups excluding carboxylic acids is 2. The number of carbonyl (C=O) groups is 2. The molecule has 0 aliphatic carbocycles. The number of halogens is 1. The lowest BCUT2D eigenvalue weighted by Crippen LogP contribution is -2.24. The number of aromatic amines is 1. The number of benzene rings is 1. The van der Waals surface area contributed by atoms with Gasteiger partial charge in [-0.2, -0.15) is 0 Å². The summed E-state index contributed by atoms with van der Waals surface area (Å²) in [5, 5.41) is 2.00. The molecule has 25 heavy (non-hydrogen) atoms. The summed E-state index contributed by atoms with van der Waals surface area (Å²) in [5.41, 5.74) is -0.140. The molecule has 0 aliphatic rings. The number of hydrogen-bond donors (Lipinski definition) is 2. The Balaban J connectivity index is 2.08. The van der Waals surface area contributed by atoms with Crippen LogP contribution in [0.1, 0.15) is 12.6 Å². The Morgan fingerprint density at radius 1 is 1.40 bits per heavy atom. The molecular formula is C16H16FN3O4S. The van der Waals surface area contributed by atoms with Crippen molar-refractivity contribution in [1.29, 1.82) is 0 Å². The van der Waals surface area contributed by atoms with Crippen molar-refractivity contribution in [1.82, 2.24) is 9.97 Å². The van der Waals surface area contributed by atoms with E-state index < -0.39 is 28.5 Å². The summed E-state index contributed by atoms with van der Waals surface area (Å²) in [6.45, 7) is 1.59. The molecule has 132 valence electrons. The molecule has 1 amide bonds. The van der Waals surface area contributed by atoms with E-state index in [9.17, 15) is 18.8 Å². The van der Waals surface area contributed by atoms with Crippen LogP contribution in [-0.2, 0) is 20.7 Å². The monoisotopic (exact) mass is 365 g/mol. The van der Waals surface area contributed by atoms with Gasteiger partial charge in [-0.15, -0.1) is 0 Å². The number of anilines is 1. The smallest absolute Gasteiger partial charge is 0.311 e. The van der Waals surface area contributed by atoms with Gasteiger partial charge in [0.15, 0.2) is 5.16 Å². The molecule has 0 aliphatic heterocycles. The van der Waals surface area contributed by atoms with Crippen molar-refractivity contribution >= 4 is 29.3 Å². The number of methoxy groups -OCH3 is 1. The van der Waals surface area contributed by atoms with Gasteiger partial charge in [0.25, 0.3) is 5.56 Å². The maximum atomic E-state index is 13.6. The van der Waals surface area contributed by atoms with Gasteiger partial charge in [-0.3, -0.25) is 14.4 Å². The Morgan fingerprint density at radius 2 is 2.12 bits per heavy atom. The molecule has 0 fully saturated rings. The number of nitrogens with one attached hydrogen (secondary N) is 2. The van der Waals surface area contributed by atoms with Gasteiger partial charge in [0.1, 0.15) is 5.82 Å². The zero-order chi connectivity index (χ0) is 18.4. The number of aromatic nitrogens is 2. The first kappa shape index (κ1) is 18.7. The van der Waals surface area contributed by atoms with E-state index in [4.69, 9.17) is 0 Å². The van der Waals surface area contributed by atoms with Crippen LogP contribution in [-0.4, -0.2) is 34.2 Å². The van der Waals surface area contributed by atoms with Crippen molar-refractivity contribution < 1.29 is 18.7 Å². The predicted octanol–water partition coefficient (Wildman–Crippen LogP) is 1.74. The summed E-state index contributed by atoms with van der Waals surface area (Å²) in [4.78, 5) is 41.7. The van der Waals surface area contributed by atoms with Gasteiger partial charge in [0, 0.05) is 6.07 Å². The van der Waals surface area contributed by atoms with Crippen LogP contribution in [0.4, 0.5) is 10.1 Å². The Labute approximate surface area is 147 Å². The second-order valence-corrected chi connectivity index (χ2v) is 6.35. The molecule has 0 bridgehead atoms. The molecule has 1 aromatic carbocycles. The minimum Gasteiger partial charge on any atom is -0.469 e. The second-order valence-electron chi connectivity index (χ2n) is 5.02. The van der Waals surface area contributed by atoms with E-state index in [1.807, 2.05) is 0 Å². The number of nitrogens with zero attached hydrogens (tertiary/aromatic N) is 1. The second kappa shape index (κ2) is 8.43. The van der Waals surface area contributed by atoms with Crippen molar-refractivity contribution in [3.63, 3.8) is 0 Å². The van der Waals surface area contributed by atoms with Crippen LogP contribution in [0.25, 0.3) is 0 Å². The molecule has 2 rings (SSSR count). The van der Waals surface area contributed by atoms with E-state index >= 15 is 0 Å². The molecule has 2 N–H and O–H groups in total. The molecule has 0 unspecified atom stereocenters. The van der Waals surface area contributed by atoms with Crippen LogP contribution in [0, 0.1) is 5.82 Å². The van der Waals surface area contributed by atoms with E-state index in [2.05, 4.69) is 20.0 Å². The first-order valence-electron chi connectivity index (χ1n) is 7.28. The molecule has 1 heterocycles. The highest BCUT2D eigenvalue weighted by Crippen LogP contribution is 2.21. The maximum Gasteiger partial charge on any atom is 0.311 e. The van der Waals surface area contributed by atoms with Crippen LogP contribution in [0.3, 0.4) is 0 Å². The highest BCUT2D eigenvalue weighted by atomic mass is 32.2. The zero-order valence-electron chi connectivity index (χ0n) is 13.5. The molecule has 1 atom stereocenters. The van der Waals surface area contributed by atoms with Crippen LogP contribution in [0.15, 0.2) is 40.3 Å². The third kappa shape index (κ3) is 5.42. The fourth-order valence-electron chi connectivity index (χ4n) is 1.87. The highest BCUT2D eigenvalue weighted by molar-refractivity contribution is 8.00. The molecular weight excluding hydrogens is 349 g/mol. The van der Waals surface area contributed by atoms with Crippen molar-refractivity contribution in [2.24, 2.45) is 0 Å². The first-order chi connectivity index (χ1) is 11.9. The van der Waals surface area contributed by atoms with Crippen LogP contribution in [0.2, 0.25) is 0 Å². The first-order valence-corrected chi connectivity index (χ1v) is 8.16. The van der Waals surface area contributed by atoms with Gasteiger partial charge in [0.2, 0.25) is 5.91 Å². The van der Waals surface area contributed by atoms with Crippen LogP contribution in [0.5, 0.6) is 0 Å². The van der Waals surface area contributed by atoms with Crippen molar-refractivity contribution in [2.75, 3.05) is 12.4 Å². The number of amides is 1. The molecule has 1 aromatic heterocycles. The lowest BCUT2D eigenvalue weighted by atomic mass is 10.3. The van der Waals surface area contributed by atoms with Crippen molar-refractivity contribution in [3.8, 4) is 0 Å². The zero-order valence-corrected chi connectivity index (χ0v) is 14.4. The fourth-order valence-corrected chi connectivity index (χ4v) is 2.70. The predicted molar refractivity (Wildman–Crippen MR) is 90.9 cm³/mol. The quantitative estimate of drug-likeness (QED) is 0.459. The highest BCUT2D eigenvalue weighted by Gasteiger charge is 2.18. The van der Waals surface area contributed by atoms with Gasteiger partial charge in [-0.25, -0.2) is 9.37 Å². The number of hydrogen-bond acceptors (Lipinski definition) is 6. The van der Waals surface area contributed by atoms with E-state index in [0.717, 1.165) is 11.8 Å². The largest absolute Gasteiger partial charge is 0.469 e. The summed E-state index contributed by atoms with van der Waals surface area (Å²) in [7, 11) is 1.24. The number of esters is 1. The van der Waals surface area contributed by atoms with E-state index in [0.29, 0.717) is 0 Å². The average Bonchev–Trinajstić information content (AvgIpc) is 2.56. The minimum absolute atomic E-state index is 0.0702. The molecule has 0 radical (unpaired) electrons. The molecule has 2 aromatic rings. The van der Waals surface area contributed by atoms with E-state index in [1.165, 1.54) is 31.4 Å². The van der Waals surface area contributed by atoms with Gasteiger partial charge < -0.3 is 15.0 Å². The maximum absolute atomic E-state index is 13.6. The molecule has 9 heteroatoms. The standard InChI is InChI=1S/C16H16FN3O4S/c1-9(15(23)19-12-6-4-3-5-11(12)17)25-16-18-10(7-13(21)20-16)8-14(22)24-2/h3-7,9H,8H2,1-2H3,(H,19,23)(H,18,20,21)/t9-/m1/s1. The normalized spacial score (nSPS) is 11.6. The number of para-hydroxylation sites is 1. The summed E-state index contributed by atoms with van der Waals surface area (Å²) >= 11 is 0.987. The molecule has 0 spiro atoms. The van der Waals surface area contributed by atoms with Gasteiger partial charge in [-0.1, -0.05) is 23.9 Å². The molecule has 0 saturated carbocycles. The molecule has 0 saturated heterocycles. The number of thioether (sulfide) groups is 1. The fraction of sp³-hybridized carbons (Fsp3) is 0.250. The third-order valence-electron chi connectivity index (χ3n) is 3.12. The number of rotatable bonds is 6. The molecule has 7 nitrogen and oxygen atoms in total. The summed E-state index contributed by atoms with van der Waals surface area (Å²) < 4.78 is 18.1. The van der Waals surface area contributed by atoms with Gasteiger partial charge in [-0.05, 0) is 19.1 Å². The number of H-pyrrole nitrogens is 1. The minimum atomic E-state index is -0.656. The average molecular weight is 365 g/mol. The van der Waals surface area contributed by atoms with Crippen molar-refractivity contribution in [3.05, 3.63) is 52.2 Å².